The molecule has 0 saturated carbocycles. The van der Waals surface area contributed by atoms with Crippen molar-refractivity contribution in [2.45, 2.75) is 50.2 Å². The fraction of sp³-hybridized carbons (Fsp3) is 0.857. The van der Waals surface area contributed by atoms with E-state index in [0.29, 0.717) is 18.6 Å². The van der Waals surface area contributed by atoms with Crippen LogP contribution in [-0.4, -0.2) is 70.8 Å². The SMILES string of the molecule is O=C1CN(C2CCN3CCCC23)C(=O)C2CCCN12. The third-order valence-corrected chi connectivity index (χ3v) is 5.42. The van der Waals surface area contributed by atoms with E-state index < -0.39 is 0 Å². The number of piperazine rings is 1. The van der Waals surface area contributed by atoms with Gasteiger partial charge in [0.15, 0.2) is 0 Å². The highest BCUT2D eigenvalue weighted by atomic mass is 16.2. The molecule has 0 aliphatic carbocycles. The number of nitrogens with zero attached hydrogens (tertiary/aromatic N) is 3. The van der Waals surface area contributed by atoms with Crippen LogP contribution in [0.5, 0.6) is 0 Å². The Morgan fingerprint density at radius 1 is 0.842 bits per heavy atom. The molecule has 5 nitrogen and oxygen atoms in total. The van der Waals surface area contributed by atoms with Crippen LogP contribution >= 0.6 is 0 Å². The van der Waals surface area contributed by atoms with Gasteiger partial charge in [0.05, 0.1) is 0 Å². The smallest absolute Gasteiger partial charge is 0.246 e. The van der Waals surface area contributed by atoms with Crippen molar-refractivity contribution in [2.24, 2.45) is 0 Å². The molecule has 4 aliphatic rings. The average molecular weight is 263 g/mol. The zero-order valence-corrected chi connectivity index (χ0v) is 11.3. The van der Waals surface area contributed by atoms with Crippen molar-refractivity contribution < 1.29 is 9.59 Å². The third-order valence-electron chi connectivity index (χ3n) is 5.42. The van der Waals surface area contributed by atoms with Crippen LogP contribution in [-0.2, 0) is 9.59 Å². The molecule has 4 heterocycles. The normalized spacial score (nSPS) is 39.1. The van der Waals surface area contributed by atoms with Gasteiger partial charge in [0.2, 0.25) is 11.8 Å². The first-order chi connectivity index (χ1) is 9.25. The monoisotopic (exact) mass is 263 g/mol. The van der Waals surface area contributed by atoms with Gasteiger partial charge in [0.1, 0.15) is 12.6 Å². The first-order valence-electron chi connectivity index (χ1n) is 7.60. The standard InChI is InChI=1S/C14H21N3O2/c18-13-9-17(14(19)12-4-2-7-16(12)13)11-5-8-15-6-1-3-10(11)15/h10-12H,1-9H2. The molecule has 0 aromatic heterocycles. The Morgan fingerprint density at radius 3 is 2.58 bits per heavy atom. The fourth-order valence-corrected chi connectivity index (χ4v) is 4.53. The molecule has 0 bridgehead atoms. The number of amides is 2. The summed E-state index contributed by atoms with van der Waals surface area (Å²) in [6.45, 7) is 3.38. The van der Waals surface area contributed by atoms with Crippen molar-refractivity contribution in [1.82, 2.24) is 14.7 Å². The maximum atomic E-state index is 12.6. The lowest BCUT2D eigenvalue weighted by Gasteiger charge is -2.41. The van der Waals surface area contributed by atoms with Gasteiger partial charge in [-0.1, -0.05) is 0 Å². The Balaban J connectivity index is 1.57. The molecule has 4 rings (SSSR count). The van der Waals surface area contributed by atoms with Crippen molar-refractivity contribution in [3.05, 3.63) is 0 Å². The van der Waals surface area contributed by atoms with E-state index in [0.717, 1.165) is 32.4 Å². The Morgan fingerprint density at radius 2 is 1.68 bits per heavy atom. The quantitative estimate of drug-likeness (QED) is 0.672. The highest BCUT2D eigenvalue weighted by molar-refractivity contribution is 5.95. The van der Waals surface area contributed by atoms with Crippen LogP contribution in [0.2, 0.25) is 0 Å². The number of hydrogen-bond donors (Lipinski definition) is 0. The van der Waals surface area contributed by atoms with E-state index in [-0.39, 0.29) is 17.9 Å². The van der Waals surface area contributed by atoms with E-state index in [1.54, 1.807) is 4.90 Å². The van der Waals surface area contributed by atoms with Gasteiger partial charge in [-0.25, -0.2) is 0 Å². The van der Waals surface area contributed by atoms with Crippen molar-refractivity contribution in [3.63, 3.8) is 0 Å². The van der Waals surface area contributed by atoms with Gasteiger partial charge in [0.25, 0.3) is 0 Å². The number of fused-ring (bicyclic) bond motifs is 2. The molecular weight excluding hydrogens is 242 g/mol. The molecule has 104 valence electrons. The predicted octanol–water partition coefficient (Wildman–Crippen LogP) is 0.0563. The molecule has 19 heavy (non-hydrogen) atoms. The zero-order chi connectivity index (χ0) is 13.0. The van der Waals surface area contributed by atoms with Gasteiger partial charge >= 0.3 is 0 Å². The van der Waals surface area contributed by atoms with E-state index in [1.165, 1.54) is 19.4 Å². The summed E-state index contributed by atoms with van der Waals surface area (Å²) in [5.41, 5.74) is 0. The summed E-state index contributed by atoms with van der Waals surface area (Å²) in [5, 5.41) is 0. The number of rotatable bonds is 1. The van der Waals surface area contributed by atoms with E-state index >= 15 is 0 Å². The van der Waals surface area contributed by atoms with Crippen LogP contribution in [0, 0.1) is 0 Å². The van der Waals surface area contributed by atoms with Crippen molar-refractivity contribution in [2.75, 3.05) is 26.2 Å². The second-order valence-electron chi connectivity index (χ2n) is 6.31. The first kappa shape index (κ1) is 11.7. The van der Waals surface area contributed by atoms with E-state index in [2.05, 4.69) is 4.90 Å². The van der Waals surface area contributed by atoms with E-state index in [1.807, 2.05) is 4.90 Å². The molecule has 3 atom stereocenters. The summed E-state index contributed by atoms with van der Waals surface area (Å²) >= 11 is 0. The summed E-state index contributed by atoms with van der Waals surface area (Å²) in [6, 6.07) is 0.670. The first-order valence-corrected chi connectivity index (χ1v) is 7.60. The molecule has 4 fully saturated rings. The summed E-state index contributed by atoms with van der Waals surface area (Å²) in [6.07, 6.45) is 5.33. The summed E-state index contributed by atoms with van der Waals surface area (Å²) in [7, 11) is 0. The molecule has 3 unspecified atom stereocenters. The van der Waals surface area contributed by atoms with Crippen LogP contribution in [0.3, 0.4) is 0 Å². The van der Waals surface area contributed by atoms with Crippen LogP contribution in [0.25, 0.3) is 0 Å². The van der Waals surface area contributed by atoms with Crippen molar-refractivity contribution in [3.8, 4) is 0 Å². The molecule has 0 radical (unpaired) electrons. The van der Waals surface area contributed by atoms with Crippen LogP contribution in [0.4, 0.5) is 0 Å². The summed E-state index contributed by atoms with van der Waals surface area (Å²) in [4.78, 5) is 31.1. The van der Waals surface area contributed by atoms with Crippen LogP contribution < -0.4 is 0 Å². The molecule has 0 N–H and O–H groups in total. The van der Waals surface area contributed by atoms with Gasteiger partial charge < -0.3 is 9.80 Å². The second kappa shape index (κ2) is 4.20. The molecule has 0 aromatic rings. The van der Waals surface area contributed by atoms with Gasteiger partial charge in [-0.3, -0.25) is 14.5 Å². The number of carbonyl (C=O) groups excluding carboxylic acids is 2. The average Bonchev–Trinajstić information content (AvgIpc) is 3.08. The minimum absolute atomic E-state index is 0.142. The molecule has 4 aliphatic heterocycles. The zero-order valence-electron chi connectivity index (χ0n) is 11.3. The molecule has 5 heteroatoms. The predicted molar refractivity (Wildman–Crippen MR) is 69.4 cm³/mol. The van der Waals surface area contributed by atoms with Crippen LogP contribution in [0.15, 0.2) is 0 Å². The highest BCUT2D eigenvalue weighted by Crippen LogP contribution is 2.34. The van der Waals surface area contributed by atoms with Gasteiger partial charge in [-0.2, -0.15) is 0 Å². The maximum Gasteiger partial charge on any atom is 0.246 e. The molecule has 0 aromatic carbocycles. The van der Waals surface area contributed by atoms with Gasteiger partial charge in [-0.15, -0.1) is 0 Å². The molecular formula is C14H21N3O2. The third kappa shape index (κ3) is 1.64. The van der Waals surface area contributed by atoms with Crippen molar-refractivity contribution >= 4 is 11.8 Å². The lowest BCUT2D eigenvalue weighted by atomic mass is 10.0. The minimum Gasteiger partial charge on any atom is -0.329 e. The maximum absolute atomic E-state index is 12.6. The summed E-state index contributed by atoms with van der Waals surface area (Å²) < 4.78 is 0. The van der Waals surface area contributed by atoms with E-state index in [9.17, 15) is 9.59 Å². The topological polar surface area (TPSA) is 43.9 Å². The Kier molecular flexibility index (Phi) is 2.59. The van der Waals surface area contributed by atoms with Crippen molar-refractivity contribution in [1.29, 1.82) is 0 Å². The minimum atomic E-state index is -0.142. The lowest BCUT2D eigenvalue weighted by Crippen LogP contribution is -2.61. The Labute approximate surface area is 113 Å². The van der Waals surface area contributed by atoms with E-state index in [4.69, 9.17) is 0 Å². The Bertz CT molecular complexity index is 425. The molecule has 4 saturated heterocycles. The van der Waals surface area contributed by atoms with Gasteiger partial charge in [-0.05, 0) is 38.6 Å². The second-order valence-corrected chi connectivity index (χ2v) is 6.31. The highest BCUT2D eigenvalue weighted by Gasteiger charge is 2.48. The number of hydrogen-bond acceptors (Lipinski definition) is 3. The van der Waals surface area contributed by atoms with Gasteiger partial charge in [0, 0.05) is 25.2 Å². The lowest BCUT2D eigenvalue weighted by molar-refractivity contribution is -0.156. The fourth-order valence-electron chi connectivity index (χ4n) is 4.53. The Hall–Kier alpha value is -1.10. The largest absolute Gasteiger partial charge is 0.329 e. The summed E-state index contributed by atoms with van der Waals surface area (Å²) in [5.74, 6) is 0.384. The molecule has 0 spiro atoms. The number of carbonyl (C=O) groups is 2. The van der Waals surface area contributed by atoms with Crippen LogP contribution in [0.1, 0.15) is 32.1 Å². The molecule has 2 amide bonds.